The first-order valence-electron chi connectivity index (χ1n) is 6.35. The number of ether oxygens (including phenoxy) is 1. The summed E-state index contributed by atoms with van der Waals surface area (Å²) >= 11 is 0. The average Bonchev–Trinajstić information content (AvgIpc) is 2.60. The van der Waals surface area contributed by atoms with Crippen molar-refractivity contribution in [3.8, 4) is 0 Å². The summed E-state index contributed by atoms with van der Waals surface area (Å²) in [5.74, 6) is 0.249. The second-order valence-electron chi connectivity index (χ2n) is 5.02. The standard InChI is InChI=1S/C13H20O4/c1-2-8-5-9-7-11(10(9)6-8)17-13(16)4-3-12(14)15/h6,9-11,13,16H,2-5,7H2,1H3,(H,14,15)/t9-,10-,11?,13?/m1/s1. The first kappa shape index (κ1) is 12.6. The van der Waals surface area contributed by atoms with Gasteiger partial charge in [0.2, 0.25) is 0 Å². The summed E-state index contributed by atoms with van der Waals surface area (Å²) < 4.78 is 5.49. The van der Waals surface area contributed by atoms with Gasteiger partial charge in [0.25, 0.3) is 0 Å². The molecule has 0 aromatic rings. The molecule has 0 radical (unpaired) electrons. The average molecular weight is 240 g/mol. The molecule has 1 saturated carbocycles. The highest BCUT2D eigenvalue weighted by molar-refractivity contribution is 5.66. The third-order valence-electron chi connectivity index (χ3n) is 3.85. The monoisotopic (exact) mass is 240 g/mol. The Labute approximate surface area is 101 Å². The summed E-state index contributed by atoms with van der Waals surface area (Å²) in [6.07, 6.45) is 4.83. The summed E-state index contributed by atoms with van der Waals surface area (Å²) in [5, 5.41) is 18.1. The van der Waals surface area contributed by atoms with Crippen LogP contribution in [0.25, 0.3) is 0 Å². The second-order valence-corrected chi connectivity index (χ2v) is 5.02. The van der Waals surface area contributed by atoms with Gasteiger partial charge in [-0.3, -0.25) is 4.79 Å². The van der Waals surface area contributed by atoms with Gasteiger partial charge in [0, 0.05) is 12.3 Å². The molecule has 4 nitrogen and oxygen atoms in total. The highest BCUT2D eigenvalue weighted by Crippen LogP contribution is 2.48. The van der Waals surface area contributed by atoms with Crippen LogP contribution in [0.4, 0.5) is 0 Å². The van der Waals surface area contributed by atoms with E-state index in [4.69, 9.17) is 9.84 Å². The molecule has 0 bridgehead atoms. The molecule has 0 aliphatic heterocycles. The quantitative estimate of drug-likeness (QED) is 0.550. The Morgan fingerprint density at radius 3 is 3.06 bits per heavy atom. The lowest BCUT2D eigenvalue weighted by atomic mass is 9.73. The molecule has 0 aromatic carbocycles. The molecule has 0 spiro atoms. The number of hydrogen-bond donors (Lipinski definition) is 2. The van der Waals surface area contributed by atoms with Crippen LogP contribution in [0.5, 0.6) is 0 Å². The van der Waals surface area contributed by atoms with E-state index in [1.54, 1.807) is 0 Å². The molecular weight excluding hydrogens is 220 g/mol. The fraction of sp³-hybridized carbons (Fsp3) is 0.769. The van der Waals surface area contributed by atoms with Crippen molar-refractivity contribution in [3.05, 3.63) is 11.6 Å². The van der Waals surface area contributed by atoms with E-state index in [2.05, 4.69) is 13.0 Å². The van der Waals surface area contributed by atoms with Gasteiger partial charge in [0.1, 0.15) is 0 Å². The van der Waals surface area contributed by atoms with Gasteiger partial charge in [0.05, 0.1) is 12.5 Å². The van der Waals surface area contributed by atoms with E-state index in [1.165, 1.54) is 12.0 Å². The molecule has 2 aliphatic rings. The first-order chi connectivity index (χ1) is 8.10. The Hall–Kier alpha value is -0.870. The van der Waals surface area contributed by atoms with Crippen LogP contribution < -0.4 is 0 Å². The molecule has 17 heavy (non-hydrogen) atoms. The second kappa shape index (κ2) is 5.19. The Bertz CT molecular complexity index is 323. The lowest BCUT2D eigenvalue weighted by Crippen LogP contribution is -2.42. The Morgan fingerprint density at radius 2 is 2.41 bits per heavy atom. The van der Waals surface area contributed by atoms with Gasteiger partial charge in [0.15, 0.2) is 6.29 Å². The SMILES string of the molecule is CCC1=C[C@H]2C(OC(O)CCC(=O)O)C[C@H]2C1. The van der Waals surface area contributed by atoms with E-state index in [0.717, 1.165) is 12.8 Å². The van der Waals surface area contributed by atoms with Gasteiger partial charge in [-0.1, -0.05) is 18.6 Å². The summed E-state index contributed by atoms with van der Waals surface area (Å²) in [7, 11) is 0. The Balaban J connectivity index is 1.74. The van der Waals surface area contributed by atoms with E-state index in [1.807, 2.05) is 0 Å². The minimum absolute atomic E-state index is 0.0436. The van der Waals surface area contributed by atoms with Crippen LogP contribution >= 0.6 is 0 Å². The normalized spacial score (nSPS) is 32.6. The molecule has 0 heterocycles. The molecule has 4 heteroatoms. The lowest BCUT2D eigenvalue weighted by Gasteiger charge is -2.40. The highest BCUT2D eigenvalue weighted by atomic mass is 16.6. The third-order valence-corrected chi connectivity index (χ3v) is 3.85. The molecule has 96 valence electrons. The maximum atomic E-state index is 10.4. The number of allylic oxidation sites excluding steroid dienone is 1. The van der Waals surface area contributed by atoms with Crippen molar-refractivity contribution in [1.82, 2.24) is 0 Å². The Morgan fingerprint density at radius 1 is 1.65 bits per heavy atom. The van der Waals surface area contributed by atoms with Gasteiger partial charge in [-0.2, -0.15) is 0 Å². The summed E-state index contributed by atoms with van der Waals surface area (Å²) in [5.41, 5.74) is 1.49. The Kier molecular flexibility index (Phi) is 3.84. The largest absolute Gasteiger partial charge is 0.481 e. The van der Waals surface area contributed by atoms with Crippen molar-refractivity contribution >= 4 is 5.97 Å². The van der Waals surface area contributed by atoms with Crippen LogP contribution in [-0.4, -0.2) is 28.6 Å². The maximum absolute atomic E-state index is 10.4. The van der Waals surface area contributed by atoms with Crippen molar-refractivity contribution in [2.45, 2.75) is 51.4 Å². The van der Waals surface area contributed by atoms with Crippen molar-refractivity contribution in [1.29, 1.82) is 0 Å². The molecule has 0 saturated heterocycles. The molecule has 2 aliphatic carbocycles. The van der Waals surface area contributed by atoms with Gasteiger partial charge >= 0.3 is 5.97 Å². The van der Waals surface area contributed by atoms with Crippen LogP contribution in [-0.2, 0) is 9.53 Å². The van der Waals surface area contributed by atoms with Crippen molar-refractivity contribution in [2.75, 3.05) is 0 Å². The predicted octanol–water partition coefficient (Wildman–Crippen LogP) is 1.93. The predicted molar refractivity (Wildman–Crippen MR) is 62.3 cm³/mol. The number of carboxylic acids is 1. The van der Waals surface area contributed by atoms with Crippen LogP contribution in [0.3, 0.4) is 0 Å². The molecule has 2 N–H and O–H groups in total. The van der Waals surface area contributed by atoms with E-state index in [9.17, 15) is 9.90 Å². The van der Waals surface area contributed by atoms with E-state index in [0.29, 0.717) is 11.8 Å². The fourth-order valence-corrected chi connectivity index (χ4v) is 2.79. The molecule has 2 unspecified atom stereocenters. The van der Waals surface area contributed by atoms with Crippen molar-refractivity contribution in [3.63, 3.8) is 0 Å². The number of carbonyl (C=O) groups is 1. The number of aliphatic hydroxyl groups is 1. The van der Waals surface area contributed by atoms with E-state index >= 15 is 0 Å². The first-order valence-corrected chi connectivity index (χ1v) is 6.35. The zero-order chi connectivity index (χ0) is 12.4. The summed E-state index contributed by atoms with van der Waals surface area (Å²) in [6, 6.07) is 0. The van der Waals surface area contributed by atoms with Crippen LogP contribution in [0.2, 0.25) is 0 Å². The number of aliphatic carboxylic acids is 1. The van der Waals surface area contributed by atoms with Crippen LogP contribution in [0, 0.1) is 11.8 Å². The zero-order valence-electron chi connectivity index (χ0n) is 10.1. The lowest BCUT2D eigenvalue weighted by molar-refractivity contribution is -0.187. The highest BCUT2D eigenvalue weighted by Gasteiger charge is 2.44. The topological polar surface area (TPSA) is 66.8 Å². The minimum Gasteiger partial charge on any atom is -0.481 e. The number of carboxylic acid groups (broad SMARTS) is 1. The maximum Gasteiger partial charge on any atom is 0.303 e. The number of rotatable bonds is 6. The van der Waals surface area contributed by atoms with E-state index < -0.39 is 12.3 Å². The fourth-order valence-electron chi connectivity index (χ4n) is 2.79. The summed E-state index contributed by atoms with van der Waals surface area (Å²) in [6.45, 7) is 2.16. The smallest absolute Gasteiger partial charge is 0.303 e. The van der Waals surface area contributed by atoms with Gasteiger partial charge in [-0.25, -0.2) is 0 Å². The third kappa shape index (κ3) is 2.87. The van der Waals surface area contributed by atoms with Gasteiger partial charge in [-0.15, -0.1) is 0 Å². The van der Waals surface area contributed by atoms with Gasteiger partial charge in [-0.05, 0) is 25.2 Å². The molecule has 0 aromatic heterocycles. The summed E-state index contributed by atoms with van der Waals surface area (Å²) in [4.78, 5) is 10.4. The molecular formula is C13H20O4. The number of hydrogen-bond acceptors (Lipinski definition) is 3. The molecule has 4 atom stereocenters. The van der Waals surface area contributed by atoms with Crippen LogP contribution in [0.15, 0.2) is 11.6 Å². The number of fused-ring (bicyclic) bond motifs is 1. The number of aliphatic hydroxyl groups excluding tert-OH is 1. The van der Waals surface area contributed by atoms with Gasteiger partial charge < -0.3 is 14.9 Å². The van der Waals surface area contributed by atoms with Crippen molar-refractivity contribution in [2.24, 2.45) is 11.8 Å². The molecule has 1 fully saturated rings. The van der Waals surface area contributed by atoms with Crippen molar-refractivity contribution < 1.29 is 19.7 Å². The van der Waals surface area contributed by atoms with Crippen LogP contribution in [0.1, 0.15) is 39.0 Å². The molecule has 0 amide bonds. The minimum atomic E-state index is -0.934. The van der Waals surface area contributed by atoms with E-state index in [-0.39, 0.29) is 18.9 Å². The zero-order valence-corrected chi connectivity index (χ0v) is 10.1. The molecule has 2 rings (SSSR count).